The molecule has 0 aromatic rings. The van der Waals surface area contributed by atoms with Crippen LogP contribution in [-0.2, 0) is 0 Å². The van der Waals surface area contributed by atoms with Gasteiger partial charge < -0.3 is 10.8 Å². The summed E-state index contributed by atoms with van der Waals surface area (Å²) < 4.78 is 0. The molecule has 1 saturated heterocycles. The SMILES string of the molecule is CC1CCN(CC(C)(O)C(C)C)C(CN)C1. The molecule has 3 heteroatoms. The Labute approximate surface area is 100 Å². The first kappa shape index (κ1) is 13.9. The Morgan fingerprint density at radius 3 is 2.62 bits per heavy atom. The van der Waals surface area contributed by atoms with Gasteiger partial charge in [0, 0.05) is 19.1 Å². The highest BCUT2D eigenvalue weighted by Crippen LogP contribution is 2.26. The van der Waals surface area contributed by atoms with Crippen molar-refractivity contribution in [3.8, 4) is 0 Å². The van der Waals surface area contributed by atoms with Crippen LogP contribution in [0.4, 0.5) is 0 Å². The van der Waals surface area contributed by atoms with Gasteiger partial charge in [0.2, 0.25) is 0 Å². The zero-order valence-corrected chi connectivity index (χ0v) is 11.2. The largest absolute Gasteiger partial charge is 0.389 e. The summed E-state index contributed by atoms with van der Waals surface area (Å²) >= 11 is 0. The Morgan fingerprint density at radius 2 is 2.12 bits per heavy atom. The fourth-order valence-electron chi connectivity index (χ4n) is 2.35. The Bertz CT molecular complexity index is 216. The molecule has 0 aliphatic carbocycles. The Balaban J connectivity index is 2.58. The summed E-state index contributed by atoms with van der Waals surface area (Å²) in [6.07, 6.45) is 2.40. The molecule has 0 amide bonds. The van der Waals surface area contributed by atoms with Crippen molar-refractivity contribution in [1.82, 2.24) is 4.90 Å². The molecule has 3 unspecified atom stereocenters. The van der Waals surface area contributed by atoms with Crippen LogP contribution in [0.25, 0.3) is 0 Å². The predicted molar refractivity (Wildman–Crippen MR) is 68.3 cm³/mol. The van der Waals surface area contributed by atoms with E-state index in [2.05, 4.69) is 25.7 Å². The number of β-amino-alcohol motifs (C(OH)–C–C–N with tert-alkyl or cyclic N) is 1. The lowest BCUT2D eigenvalue weighted by Crippen LogP contribution is -2.53. The molecule has 3 N–H and O–H groups in total. The number of nitrogens with zero attached hydrogens (tertiary/aromatic N) is 1. The van der Waals surface area contributed by atoms with Gasteiger partial charge in [-0.1, -0.05) is 20.8 Å². The van der Waals surface area contributed by atoms with Crippen molar-refractivity contribution in [3.63, 3.8) is 0 Å². The summed E-state index contributed by atoms with van der Waals surface area (Å²) in [5.74, 6) is 1.05. The first-order valence-corrected chi connectivity index (χ1v) is 6.53. The third kappa shape index (κ3) is 3.44. The van der Waals surface area contributed by atoms with Gasteiger partial charge in [0.25, 0.3) is 0 Å². The zero-order valence-electron chi connectivity index (χ0n) is 11.2. The van der Waals surface area contributed by atoms with Gasteiger partial charge >= 0.3 is 0 Å². The van der Waals surface area contributed by atoms with E-state index >= 15 is 0 Å². The number of hydrogen-bond acceptors (Lipinski definition) is 3. The van der Waals surface area contributed by atoms with Gasteiger partial charge in [0.15, 0.2) is 0 Å². The van der Waals surface area contributed by atoms with Crippen LogP contribution in [0.5, 0.6) is 0 Å². The summed E-state index contributed by atoms with van der Waals surface area (Å²) in [5.41, 5.74) is 5.22. The molecule has 0 aromatic heterocycles. The highest BCUT2D eigenvalue weighted by molar-refractivity contribution is 4.87. The third-order valence-electron chi connectivity index (χ3n) is 4.14. The lowest BCUT2D eigenvalue weighted by atomic mass is 9.87. The van der Waals surface area contributed by atoms with E-state index in [0.717, 1.165) is 19.0 Å². The highest BCUT2D eigenvalue weighted by atomic mass is 16.3. The van der Waals surface area contributed by atoms with Gasteiger partial charge in [-0.25, -0.2) is 0 Å². The topological polar surface area (TPSA) is 49.5 Å². The molecule has 3 atom stereocenters. The Morgan fingerprint density at radius 1 is 1.50 bits per heavy atom. The Hall–Kier alpha value is -0.120. The Kier molecular flexibility index (Phi) is 4.77. The molecule has 1 aliphatic heterocycles. The molecule has 96 valence electrons. The number of rotatable bonds is 4. The summed E-state index contributed by atoms with van der Waals surface area (Å²) in [4.78, 5) is 2.38. The van der Waals surface area contributed by atoms with Crippen molar-refractivity contribution in [1.29, 1.82) is 0 Å². The van der Waals surface area contributed by atoms with Crippen LogP contribution in [0.2, 0.25) is 0 Å². The molecular weight excluding hydrogens is 200 g/mol. The monoisotopic (exact) mass is 228 g/mol. The van der Waals surface area contributed by atoms with E-state index in [1.54, 1.807) is 0 Å². The van der Waals surface area contributed by atoms with Gasteiger partial charge in [0.1, 0.15) is 0 Å². The number of likely N-dealkylation sites (tertiary alicyclic amines) is 1. The van der Waals surface area contributed by atoms with Crippen LogP contribution >= 0.6 is 0 Å². The maximum absolute atomic E-state index is 10.3. The van der Waals surface area contributed by atoms with E-state index in [1.165, 1.54) is 12.8 Å². The molecule has 0 spiro atoms. The maximum Gasteiger partial charge on any atom is 0.0768 e. The summed E-state index contributed by atoms with van der Waals surface area (Å²) in [5, 5.41) is 10.3. The maximum atomic E-state index is 10.3. The van der Waals surface area contributed by atoms with Gasteiger partial charge in [-0.05, 0) is 38.1 Å². The van der Waals surface area contributed by atoms with Crippen LogP contribution in [0, 0.1) is 11.8 Å². The van der Waals surface area contributed by atoms with Crippen molar-refractivity contribution < 1.29 is 5.11 Å². The smallest absolute Gasteiger partial charge is 0.0768 e. The molecule has 0 bridgehead atoms. The molecule has 1 fully saturated rings. The molecule has 1 aliphatic rings. The first-order chi connectivity index (χ1) is 7.36. The molecule has 16 heavy (non-hydrogen) atoms. The molecule has 3 nitrogen and oxygen atoms in total. The second kappa shape index (κ2) is 5.48. The second-order valence-corrected chi connectivity index (χ2v) is 6.00. The van der Waals surface area contributed by atoms with Crippen LogP contribution in [-0.4, -0.2) is 41.3 Å². The number of piperidine rings is 1. The van der Waals surface area contributed by atoms with E-state index in [0.29, 0.717) is 12.6 Å². The molecular formula is C13H28N2O. The first-order valence-electron chi connectivity index (χ1n) is 6.53. The molecule has 1 rings (SSSR count). The van der Waals surface area contributed by atoms with Crippen LogP contribution in [0.15, 0.2) is 0 Å². The van der Waals surface area contributed by atoms with Crippen molar-refractivity contribution in [2.45, 2.75) is 52.2 Å². The molecule has 0 radical (unpaired) electrons. The minimum Gasteiger partial charge on any atom is -0.389 e. The number of nitrogens with two attached hydrogens (primary N) is 1. The molecule has 0 saturated carbocycles. The lowest BCUT2D eigenvalue weighted by molar-refractivity contribution is -0.0388. The fraction of sp³-hybridized carbons (Fsp3) is 1.00. The molecule has 1 heterocycles. The average Bonchev–Trinajstić information content (AvgIpc) is 2.20. The second-order valence-electron chi connectivity index (χ2n) is 6.00. The normalized spacial score (nSPS) is 31.7. The van der Waals surface area contributed by atoms with Gasteiger partial charge in [-0.3, -0.25) is 4.90 Å². The number of aliphatic hydroxyl groups is 1. The van der Waals surface area contributed by atoms with E-state index in [9.17, 15) is 5.11 Å². The quantitative estimate of drug-likeness (QED) is 0.766. The van der Waals surface area contributed by atoms with Gasteiger partial charge in [-0.2, -0.15) is 0 Å². The van der Waals surface area contributed by atoms with Crippen molar-refractivity contribution >= 4 is 0 Å². The van der Waals surface area contributed by atoms with E-state index in [1.807, 2.05) is 6.92 Å². The fourth-order valence-corrected chi connectivity index (χ4v) is 2.35. The average molecular weight is 228 g/mol. The third-order valence-corrected chi connectivity index (χ3v) is 4.14. The van der Waals surface area contributed by atoms with Crippen molar-refractivity contribution in [2.75, 3.05) is 19.6 Å². The lowest BCUT2D eigenvalue weighted by Gasteiger charge is -2.42. The summed E-state index contributed by atoms with van der Waals surface area (Å²) in [6, 6.07) is 0.453. The minimum atomic E-state index is -0.603. The number of hydrogen-bond donors (Lipinski definition) is 2. The molecule has 0 aromatic carbocycles. The van der Waals surface area contributed by atoms with Crippen LogP contribution in [0.1, 0.15) is 40.5 Å². The van der Waals surface area contributed by atoms with E-state index in [4.69, 9.17) is 5.73 Å². The van der Waals surface area contributed by atoms with Crippen LogP contribution < -0.4 is 5.73 Å². The minimum absolute atomic E-state index is 0.283. The van der Waals surface area contributed by atoms with Crippen molar-refractivity contribution in [2.24, 2.45) is 17.6 Å². The van der Waals surface area contributed by atoms with E-state index in [-0.39, 0.29) is 5.92 Å². The summed E-state index contributed by atoms with van der Waals surface area (Å²) in [7, 11) is 0. The summed E-state index contributed by atoms with van der Waals surface area (Å²) in [6.45, 7) is 10.9. The van der Waals surface area contributed by atoms with Crippen molar-refractivity contribution in [3.05, 3.63) is 0 Å². The van der Waals surface area contributed by atoms with Crippen LogP contribution in [0.3, 0.4) is 0 Å². The highest BCUT2D eigenvalue weighted by Gasteiger charge is 2.33. The van der Waals surface area contributed by atoms with Gasteiger partial charge in [-0.15, -0.1) is 0 Å². The zero-order chi connectivity index (χ0) is 12.3. The standard InChI is InChI=1S/C13H28N2O/c1-10(2)13(4,16)9-15-6-5-11(3)7-12(15)8-14/h10-12,16H,5-9,14H2,1-4H3. The predicted octanol–water partition coefficient (Wildman–Crippen LogP) is 1.45. The van der Waals surface area contributed by atoms with E-state index < -0.39 is 5.60 Å². The van der Waals surface area contributed by atoms with Gasteiger partial charge in [0.05, 0.1) is 5.60 Å².